The molecule has 1 atom stereocenters. The molecule has 6 heteroatoms. The van der Waals surface area contributed by atoms with Gasteiger partial charge in [0.15, 0.2) is 5.84 Å². The van der Waals surface area contributed by atoms with Crippen molar-refractivity contribution in [3.63, 3.8) is 0 Å². The maximum atomic E-state index is 12.1. The summed E-state index contributed by atoms with van der Waals surface area (Å²) in [7, 11) is 2.06. The summed E-state index contributed by atoms with van der Waals surface area (Å²) < 4.78 is 0. The molecule has 0 aromatic heterocycles. The minimum atomic E-state index is -0.938. The molecule has 1 aliphatic carbocycles. The van der Waals surface area contributed by atoms with E-state index in [1.54, 1.807) is 6.92 Å². The molecule has 1 amide bonds. The highest BCUT2D eigenvalue weighted by Crippen LogP contribution is 2.25. The van der Waals surface area contributed by atoms with Gasteiger partial charge in [0.2, 0.25) is 5.91 Å². The van der Waals surface area contributed by atoms with Crippen molar-refractivity contribution in [3.05, 3.63) is 0 Å². The number of nitrogens with one attached hydrogen (secondary N) is 1. The van der Waals surface area contributed by atoms with Crippen LogP contribution < -0.4 is 11.1 Å². The summed E-state index contributed by atoms with van der Waals surface area (Å²) in [4.78, 5) is 14.3. The first kappa shape index (κ1) is 14.8. The maximum Gasteiger partial charge on any atom is 0.233 e. The molecule has 0 aromatic carbocycles. The van der Waals surface area contributed by atoms with Crippen LogP contribution in [-0.4, -0.2) is 48.0 Å². The van der Waals surface area contributed by atoms with Crippen LogP contribution in [0.4, 0.5) is 0 Å². The topological polar surface area (TPSA) is 91.0 Å². The van der Waals surface area contributed by atoms with Crippen molar-refractivity contribution in [3.8, 4) is 0 Å². The summed E-state index contributed by atoms with van der Waals surface area (Å²) in [5, 5.41) is 14.5. The highest BCUT2D eigenvalue weighted by Gasteiger charge is 2.36. The van der Waals surface area contributed by atoms with Crippen LogP contribution in [0.3, 0.4) is 0 Å². The van der Waals surface area contributed by atoms with Crippen molar-refractivity contribution in [2.45, 2.75) is 39.2 Å². The monoisotopic (exact) mass is 256 g/mol. The summed E-state index contributed by atoms with van der Waals surface area (Å²) in [5.74, 6) is -0.234. The molecule has 1 rings (SSSR count). The second-order valence-electron chi connectivity index (χ2n) is 5.14. The molecule has 1 aliphatic rings. The number of carbonyl (C=O) groups is 1. The van der Waals surface area contributed by atoms with Crippen molar-refractivity contribution in [2.24, 2.45) is 16.3 Å². The Balaban J connectivity index is 2.42. The predicted molar refractivity (Wildman–Crippen MR) is 70.5 cm³/mol. The minimum Gasteiger partial charge on any atom is -0.409 e. The number of nitrogens with zero attached hydrogens (tertiary/aromatic N) is 2. The van der Waals surface area contributed by atoms with E-state index in [-0.39, 0.29) is 11.7 Å². The Kier molecular flexibility index (Phi) is 4.95. The van der Waals surface area contributed by atoms with Crippen LogP contribution in [0, 0.1) is 5.41 Å². The Morgan fingerprint density at radius 1 is 1.61 bits per heavy atom. The lowest BCUT2D eigenvalue weighted by atomic mass is 9.85. The van der Waals surface area contributed by atoms with Gasteiger partial charge >= 0.3 is 0 Å². The van der Waals surface area contributed by atoms with Gasteiger partial charge in [-0.15, -0.1) is 0 Å². The molecule has 0 heterocycles. The van der Waals surface area contributed by atoms with Crippen LogP contribution in [0.15, 0.2) is 5.16 Å². The van der Waals surface area contributed by atoms with Gasteiger partial charge in [-0.25, -0.2) is 0 Å². The van der Waals surface area contributed by atoms with Gasteiger partial charge in [0.05, 0.1) is 0 Å². The number of amidine groups is 1. The summed E-state index contributed by atoms with van der Waals surface area (Å²) in [6.45, 7) is 4.93. The Morgan fingerprint density at radius 2 is 2.22 bits per heavy atom. The number of hydrogen-bond donors (Lipinski definition) is 3. The van der Waals surface area contributed by atoms with E-state index in [9.17, 15) is 4.79 Å². The zero-order valence-corrected chi connectivity index (χ0v) is 11.4. The highest BCUT2D eigenvalue weighted by molar-refractivity contribution is 6.06. The van der Waals surface area contributed by atoms with E-state index < -0.39 is 5.41 Å². The summed E-state index contributed by atoms with van der Waals surface area (Å²) in [6, 6.07) is 0.684. The fourth-order valence-electron chi connectivity index (χ4n) is 1.81. The highest BCUT2D eigenvalue weighted by atomic mass is 16.4. The zero-order valence-electron chi connectivity index (χ0n) is 11.4. The molecular weight excluding hydrogens is 232 g/mol. The molecule has 0 saturated heterocycles. The van der Waals surface area contributed by atoms with Crippen LogP contribution >= 0.6 is 0 Å². The van der Waals surface area contributed by atoms with Gasteiger partial charge in [-0.3, -0.25) is 4.79 Å². The van der Waals surface area contributed by atoms with Gasteiger partial charge in [-0.05, 0) is 33.2 Å². The minimum absolute atomic E-state index is 0.0435. The molecule has 4 N–H and O–H groups in total. The number of nitrogens with two attached hydrogens (primary N) is 1. The Hall–Kier alpha value is -1.30. The third-order valence-corrected chi connectivity index (χ3v) is 3.80. The third-order valence-electron chi connectivity index (χ3n) is 3.80. The largest absolute Gasteiger partial charge is 0.409 e. The predicted octanol–water partition coefficient (Wildman–Crippen LogP) is 0.360. The number of rotatable bonds is 7. The van der Waals surface area contributed by atoms with E-state index in [0.717, 1.165) is 6.54 Å². The molecule has 0 aliphatic heterocycles. The molecule has 1 saturated carbocycles. The van der Waals surface area contributed by atoms with Crippen molar-refractivity contribution in [2.75, 3.05) is 20.1 Å². The fraction of sp³-hybridized carbons (Fsp3) is 0.833. The van der Waals surface area contributed by atoms with Gasteiger partial charge in [0, 0.05) is 19.1 Å². The maximum absolute atomic E-state index is 12.1. The standard InChI is InChI=1S/C12H24N4O2/c1-4-12(2,10(13)15-18)11(17)14-7-8-16(3)9-5-6-9/h9,18H,4-8H2,1-3H3,(H2,13,15)(H,14,17). The van der Waals surface area contributed by atoms with Crippen molar-refractivity contribution in [1.82, 2.24) is 10.2 Å². The lowest BCUT2D eigenvalue weighted by Crippen LogP contribution is -2.49. The van der Waals surface area contributed by atoms with Crippen LogP contribution in [0.5, 0.6) is 0 Å². The zero-order chi connectivity index (χ0) is 13.8. The Morgan fingerprint density at radius 3 is 2.67 bits per heavy atom. The SMILES string of the molecule is CCC(C)(C(=O)NCCN(C)C1CC1)C(N)=NO. The van der Waals surface area contributed by atoms with Crippen LogP contribution in [0.25, 0.3) is 0 Å². The Bertz CT molecular complexity index is 328. The average Bonchev–Trinajstić information content (AvgIpc) is 3.20. The number of oxime groups is 1. The van der Waals surface area contributed by atoms with E-state index >= 15 is 0 Å². The fourth-order valence-corrected chi connectivity index (χ4v) is 1.81. The van der Waals surface area contributed by atoms with Crippen molar-refractivity contribution >= 4 is 11.7 Å². The first-order valence-corrected chi connectivity index (χ1v) is 6.42. The Labute approximate surface area is 108 Å². The molecule has 0 radical (unpaired) electrons. The summed E-state index contributed by atoms with van der Waals surface area (Å²) in [6.07, 6.45) is 3.00. The number of hydrogen-bond acceptors (Lipinski definition) is 4. The van der Waals surface area contributed by atoms with Crippen molar-refractivity contribution < 1.29 is 10.0 Å². The quantitative estimate of drug-likeness (QED) is 0.265. The van der Waals surface area contributed by atoms with Crippen LogP contribution in [-0.2, 0) is 4.79 Å². The average molecular weight is 256 g/mol. The molecule has 18 heavy (non-hydrogen) atoms. The molecule has 6 nitrogen and oxygen atoms in total. The van der Waals surface area contributed by atoms with Crippen LogP contribution in [0.2, 0.25) is 0 Å². The van der Waals surface area contributed by atoms with E-state index in [1.807, 2.05) is 6.92 Å². The van der Waals surface area contributed by atoms with E-state index in [0.29, 0.717) is 19.0 Å². The number of amides is 1. The summed E-state index contributed by atoms with van der Waals surface area (Å²) in [5.41, 5.74) is 4.64. The lowest BCUT2D eigenvalue weighted by Gasteiger charge is -2.26. The second-order valence-corrected chi connectivity index (χ2v) is 5.14. The molecule has 0 bridgehead atoms. The van der Waals surface area contributed by atoms with E-state index in [2.05, 4.69) is 22.4 Å². The third kappa shape index (κ3) is 3.35. The van der Waals surface area contributed by atoms with Gasteiger partial charge in [-0.1, -0.05) is 12.1 Å². The first-order valence-electron chi connectivity index (χ1n) is 6.42. The molecule has 1 fully saturated rings. The van der Waals surface area contributed by atoms with Gasteiger partial charge < -0.3 is 21.2 Å². The number of likely N-dealkylation sites (N-methyl/N-ethyl adjacent to an activating group) is 1. The summed E-state index contributed by atoms with van der Waals surface area (Å²) >= 11 is 0. The smallest absolute Gasteiger partial charge is 0.233 e. The number of carbonyl (C=O) groups excluding carboxylic acids is 1. The normalized spacial score (nSPS) is 19.7. The lowest BCUT2D eigenvalue weighted by molar-refractivity contribution is -0.127. The van der Waals surface area contributed by atoms with E-state index in [4.69, 9.17) is 10.9 Å². The van der Waals surface area contributed by atoms with Gasteiger partial charge in [0.1, 0.15) is 5.41 Å². The van der Waals surface area contributed by atoms with Crippen molar-refractivity contribution in [1.29, 1.82) is 0 Å². The molecule has 1 unspecified atom stereocenters. The van der Waals surface area contributed by atoms with Gasteiger partial charge in [-0.2, -0.15) is 0 Å². The second kappa shape index (κ2) is 6.04. The molecule has 0 spiro atoms. The van der Waals surface area contributed by atoms with E-state index in [1.165, 1.54) is 12.8 Å². The molecule has 104 valence electrons. The molecule has 0 aromatic rings. The van der Waals surface area contributed by atoms with Gasteiger partial charge in [0.25, 0.3) is 0 Å². The van der Waals surface area contributed by atoms with Crippen LogP contribution in [0.1, 0.15) is 33.1 Å². The first-order chi connectivity index (χ1) is 8.45. The molecular formula is C12H24N4O2.